The summed E-state index contributed by atoms with van der Waals surface area (Å²) < 4.78 is 5.99. The number of hydrogen-bond acceptors (Lipinski definition) is 5. The third-order valence-electron chi connectivity index (χ3n) is 6.84. The zero-order valence-corrected chi connectivity index (χ0v) is 19.3. The van der Waals surface area contributed by atoms with Gasteiger partial charge in [-0.3, -0.25) is 4.90 Å². The fraction of sp³-hybridized carbons (Fsp3) is 0.407. The molecule has 0 radical (unpaired) electrons. The summed E-state index contributed by atoms with van der Waals surface area (Å²) in [5.41, 5.74) is 1.33. The summed E-state index contributed by atoms with van der Waals surface area (Å²) in [6, 6.07) is 18.6. The molecule has 2 aromatic rings. The summed E-state index contributed by atoms with van der Waals surface area (Å²) in [7, 11) is 0. The van der Waals surface area contributed by atoms with Crippen molar-refractivity contribution >= 4 is 11.9 Å². The molecule has 0 aromatic heterocycles. The largest absolute Gasteiger partial charge is 0.473 e. The molecule has 2 N–H and O–H groups in total. The number of rotatable bonds is 6. The quantitative estimate of drug-likeness (QED) is 0.494. The molecule has 1 heterocycles. The first-order chi connectivity index (χ1) is 16.5. The van der Waals surface area contributed by atoms with E-state index in [4.69, 9.17) is 24.5 Å². The first kappa shape index (κ1) is 24.0. The van der Waals surface area contributed by atoms with Gasteiger partial charge in [0.15, 0.2) is 0 Å². The van der Waals surface area contributed by atoms with Crippen molar-refractivity contribution in [3.63, 3.8) is 0 Å². The maximum atomic E-state index is 9.10. The molecule has 34 heavy (non-hydrogen) atoms. The van der Waals surface area contributed by atoms with E-state index in [0.29, 0.717) is 0 Å². The van der Waals surface area contributed by atoms with Gasteiger partial charge in [-0.25, -0.2) is 9.59 Å². The van der Waals surface area contributed by atoms with E-state index < -0.39 is 11.9 Å². The van der Waals surface area contributed by atoms with Gasteiger partial charge >= 0.3 is 11.9 Å². The van der Waals surface area contributed by atoms with Crippen LogP contribution in [0.15, 0.2) is 66.7 Å². The first-order valence-corrected chi connectivity index (χ1v) is 11.9. The van der Waals surface area contributed by atoms with Crippen molar-refractivity contribution in [2.75, 3.05) is 32.7 Å². The van der Waals surface area contributed by atoms with Crippen LogP contribution >= 0.6 is 0 Å². The average molecular weight is 465 g/mol. The second-order valence-corrected chi connectivity index (χ2v) is 9.29. The van der Waals surface area contributed by atoms with E-state index in [2.05, 4.69) is 40.2 Å². The molecule has 180 valence electrons. The van der Waals surface area contributed by atoms with Gasteiger partial charge in [0.2, 0.25) is 0 Å². The molecule has 1 aliphatic heterocycles. The molecule has 2 aromatic carbocycles. The van der Waals surface area contributed by atoms with Crippen LogP contribution in [-0.4, -0.2) is 64.7 Å². The first-order valence-electron chi connectivity index (χ1n) is 11.9. The van der Waals surface area contributed by atoms with Gasteiger partial charge in [-0.15, -0.1) is 0 Å². The zero-order valence-electron chi connectivity index (χ0n) is 19.3. The topological polar surface area (TPSA) is 90.3 Å². The van der Waals surface area contributed by atoms with Crippen LogP contribution in [0.25, 0.3) is 0 Å². The fourth-order valence-corrected chi connectivity index (χ4v) is 5.16. The zero-order chi connectivity index (χ0) is 23.9. The van der Waals surface area contributed by atoms with Crippen LogP contribution in [0.4, 0.5) is 0 Å². The Morgan fingerprint density at radius 3 is 2.12 bits per heavy atom. The maximum Gasteiger partial charge on any atom is 0.414 e. The number of carboxylic acids is 2. The highest BCUT2D eigenvalue weighted by Crippen LogP contribution is 2.43. The van der Waals surface area contributed by atoms with Gasteiger partial charge in [0.05, 0.1) is 0 Å². The van der Waals surface area contributed by atoms with Crippen LogP contribution in [0, 0.1) is 17.8 Å². The highest BCUT2D eigenvalue weighted by molar-refractivity contribution is 6.27. The summed E-state index contributed by atoms with van der Waals surface area (Å²) in [6.45, 7) is 7.06. The number of carboxylic acid groups (broad SMARTS) is 2. The molecule has 1 saturated carbocycles. The Morgan fingerprint density at radius 1 is 0.824 bits per heavy atom. The maximum absolute atomic E-state index is 9.10. The van der Waals surface area contributed by atoms with Gasteiger partial charge in [-0.05, 0) is 60.4 Å². The van der Waals surface area contributed by atoms with Crippen molar-refractivity contribution in [1.29, 1.82) is 0 Å². The summed E-state index contributed by atoms with van der Waals surface area (Å²) in [4.78, 5) is 23.5. The summed E-state index contributed by atoms with van der Waals surface area (Å²) in [5, 5.41) is 14.8. The number of para-hydroxylation sites is 1. The summed E-state index contributed by atoms with van der Waals surface area (Å²) in [5.74, 6) is 0.839. The lowest BCUT2D eigenvalue weighted by Crippen LogP contribution is -2.47. The van der Waals surface area contributed by atoms with Crippen LogP contribution < -0.4 is 4.74 Å². The standard InChI is InChI=1S/C25H30N2O.C2H2O4/c1-2-6-24(7-3-1)28-25-8-4-5-21(17-25)18-26-11-13-27(14-12-26)19-23-16-20-9-10-22(23)15-20;3-1(4)2(5)6/h1-10,17,20,22-23H,11-16,18-19H2;(H,3,4)(H,5,6). The molecule has 3 atom stereocenters. The van der Waals surface area contributed by atoms with Crippen LogP contribution in [-0.2, 0) is 16.1 Å². The van der Waals surface area contributed by atoms with Gasteiger partial charge in [0.1, 0.15) is 11.5 Å². The molecule has 2 fully saturated rings. The number of aliphatic carboxylic acids is 2. The molecule has 3 unspecified atom stereocenters. The van der Waals surface area contributed by atoms with Gasteiger partial charge in [-0.2, -0.15) is 0 Å². The Morgan fingerprint density at radius 2 is 1.50 bits per heavy atom. The van der Waals surface area contributed by atoms with E-state index in [1.54, 1.807) is 0 Å². The van der Waals surface area contributed by atoms with E-state index in [-0.39, 0.29) is 0 Å². The van der Waals surface area contributed by atoms with Crippen molar-refractivity contribution in [2.45, 2.75) is 19.4 Å². The smallest absolute Gasteiger partial charge is 0.414 e. The normalized spacial score (nSPS) is 23.8. The van der Waals surface area contributed by atoms with Crippen molar-refractivity contribution in [3.05, 3.63) is 72.3 Å². The van der Waals surface area contributed by atoms with Crippen molar-refractivity contribution < 1.29 is 24.5 Å². The highest BCUT2D eigenvalue weighted by Gasteiger charge is 2.36. The Balaban J connectivity index is 0.000000408. The molecular weight excluding hydrogens is 432 g/mol. The lowest BCUT2D eigenvalue weighted by atomic mass is 9.93. The Bertz CT molecular complexity index is 989. The Labute approximate surface area is 200 Å². The number of allylic oxidation sites excluding steroid dienone is 2. The molecule has 1 saturated heterocycles. The van der Waals surface area contributed by atoms with Crippen LogP contribution in [0.3, 0.4) is 0 Å². The second-order valence-electron chi connectivity index (χ2n) is 9.29. The fourth-order valence-electron chi connectivity index (χ4n) is 5.16. The second kappa shape index (κ2) is 11.3. The number of carbonyl (C=O) groups is 2. The SMILES string of the molecule is C1=CC2CC1CC2CN1CCN(Cc2cccc(Oc3ccccc3)c2)CC1.O=C(O)C(=O)O. The van der Waals surface area contributed by atoms with Gasteiger partial charge in [-0.1, -0.05) is 42.5 Å². The van der Waals surface area contributed by atoms with Gasteiger partial charge < -0.3 is 19.8 Å². The van der Waals surface area contributed by atoms with Gasteiger partial charge in [0.25, 0.3) is 0 Å². The van der Waals surface area contributed by atoms with E-state index >= 15 is 0 Å². The highest BCUT2D eigenvalue weighted by atomic mass is 16.5. The number of piperazine rings is 1. The number of benzene rings is 2. The lowest BCUT2D eigenvalue weighted by Gasteiger charge is -2.37. The van der Waals surface area contributed by atoms with E-state index in [1.807, 2.05) is 36.4 Å². The molecule has 3 aliphatic rings. The van der Waals surface area contributed by atoms with Gasteiger partial charge in [0, 0.05) is 39.3 Å². The Kier molecular flexibility index (Phi) is 7.98. The van der Waals surface area contributed by atoms with Crippen LogP contribution in [0.2, 0.25) is 0 Å². The van der Waals surface area contributed by atoms with Crippen LogP contribution in [0.1, 0.15) is 18.4 Å². The third kappa shape index (κ3) is 6.68. The van der Waals surface area contributed by atoms with E-state index in [0.717, 1.165) is 35.8 Å². The molecule has 0 amide bonds. The minimum Gasteiger partial charge on any atom is -0.473 e. The lowest BCUT2D eigenvalue weighted by molar-refractivity contribution is -0.159. The molecule has 2 bridgehead atoms. The minimum absolute atomic E-state index is 0.871. The summed E-state index contributed by atoms with van der Waals surface area (Å²) in [6.07, 6.45) is 7.79. The average Bonchev–Trinajstić information content (AvgIpc) is 3.45. The number of nitrogens with zero attached hydrogens (tertiary/aromatic N) is 2. The molecule has 2 aliphatic carbocycles. The predicted molar refractivity (Wildman–Crippen MR) is 129 cm³/mol. The van der Waals surface area contributed by atoms with Crippen molar-refractivity contribution in [2.24, 2.45) is 17.8 Å². The van der Waals surface area contributed by atoms with E-state index in [9.17, 15) is 0 Å². The van der Waals surface area contributed by atoms with Crippen molar-refractivity contribution in [3.8, 4) is 11.5 Å². The molecule has 7 heteroatoms. The predicted octanol–water partition coefficient (Wildman–Crippen LogP) is 3.96. The molecular formula is C27H32N2O5. The van der Waals surface area contributed by atoms with E-state index in [1.165, 1.54) is 51.1 Å². The third-order valence-corrected chi connectivity index (χ3v) is 6.84. The Hall–Kier alpha value is -3.16. The number of hydrogen-bond donors (Lipinski definition) is 2. The molecule has 7 nitrogen and oxygen atoms in total. The monoisotopic (exact) mass is 464 g/mol. The molecule has 5 rings (SSSR count). The minimum atomic E-state index is -1.82. The van der Waals surface area contributed by atoms with Crippen LogP contribution in [0.5, 0.6) is 11.5 Å². The number of ether oxygens (including phenoxy) is 1. The molecule has 0 spiro atoms. The number of fused-ring (bicyclic) bond motifs is 2. The van der Waals surface area contributed by atoms with Crippen molar-refractivity contribution in [1.82, 2.24) is 9.80 Å². The summed E-state index contributed by atoms with van der Waals surface area (Å²) >= 11 is 0.